The summed E-state index contributed by atoms with van der Waals surface area (Å²) in [7, 11) is -2.80. The second-order valence-electron chi connectivity index (χ2n) is 22.0. The summed E-state index contributed by atoms with van der Waals surface area (Å²) < 4.78 is 169. The van der Waals surface area contributed by atoms with E-state index in [0.717, 1.165) is 30.9 Å². The highest BCUT2D eigenvalue weighted by molar-refractivity contribution is 7.91. The molecule has 0 spiro atoms. The van der Waals surface area contributed by atoms with Crippen LogP contribution < -0.4 is 45.5 Å². The molecule has 10 rings (SSSR count). The molecule has 3 heterocycles. The zero-order valence-electron chi connectivity index (χ0n) is 52.3. The van der Waals surface area contributed by atoms with Crippen LogP contribution in [0.15, 0.2) is 124 Å². The lowest BCUT2D eigenvalue weighted by Crippen LogP contribution is -2.31. The molecule has 3 aromatic heterocycles. The van der Waals surface area contributed by atoms with E-state index in [2.05, 4.69) is 0 Å². The summed E-state index contributed by atoms with van der Waals surface area (Å²) in [6, 6.07) is 24.5. The van der Waals surface area contributed by atoms with E-state index in [0.29, 0.717) is 111 Å². The van der Waals surface area contributed by atoms with Gasteiger partial charge >= 0.3 is 23.2 Å². The molecule has 92 heavy (non-hydrogen) atoms. The number of alkyl halides is 3. The van der Waals surface area contributed by atoms with E-state index < -0.39 is 82.3 Å². The van der Waals surface area contributed by atoms with E-state index in [4.69, 9.17) is 40.0 Å². The number of sulfone groups is 3. The first kappa shape index (κ1) is 69.7. The third-order valence-electron chi connectivity index (χ3n) is 15.2. The van der Waals surface area contributed by atoms with E-state index in [9.17, 15) is 57.2 Å². The van der Waals surface area contributed by atoms with Gasteiger partial charge in [-0.25, -0.2) is 44.0 Å². The van der Waals surface area contributed by atoms with Crippen molar-refractivity contribution < 1.29 is 71.2 Å². The maximum Gasteiger partial charge on any atom is 0.416 e. The Morgan fingerprint density at radius 2 is 0.837 bits per heavy atom. The molecule has 29 heteroatoms. The Hall–Kier alpha value is -8.21. The summed E-state index contributed by atoms with van der Waals surface area (Å²) in [4.78, 5) is 39.6. The SMILES string of the molecule is CCOc1cc([C@H](CS(C)(=O)=O)n2c(=O)n(C)c3cc(Cl)ccc32)ccc1OC.CCOc1cc([C@H](CS(C)(=O)=O)n2c(=O)n(C)c3cc(F)ccc32)ccc1OC.CCOc1cc([C@H](CS(C)(=O)=O)n2c(=O)n(C3CC3)c3cc(C(F)(F)F)ccc32)ccc1OC. The lowest BCUT2D eigenvalue weighted by atomic mass is 10.1. The van der Waals surface area contributed by atoms with Crippen molar-refractivity contribution in [3.8, 4) is 34.5 Å². The van der Waals surface area contributed by atoms with E-state index in [1.54, 1.807) is 86.8 Å². The average molecular weight is 1360 g/mol. The first-order chi connectivity index (χ1) is 43.3. The molecule has 0 aliphatic heterocycles. The summed E-state index contributed by atoms with van der Waals surface area (Å²) in [6.07, 6.45) is 0.0873. The standard InChI is InChI=1S/C23H25F3N2O5S.C20H23ClN2O5S.C20H23FN2O5S/c1-4-33-21-11-14(5-10-20(21)32-2)19(13-34(3,30)31)28-17-9-6-15(23(24,25)26)12-18(17)27(22(28)29)16-7-8-16;2*1-5-28-19-10-13(6-9-18(19)27-3)17(12-29(4,25)26)23-15-8-7-14(21)11-16(15)22(2)20(23)24/h5-6,9-12,16,19H,4,7-8,13H2,1-3H3;2*6-11,17H,5,12H2,1-4H3/t19-;2*17-/m000/s1. The summed E-state index contributed by atoms with van der Waals surface area (Å²) in [5, 5.41) is 0.494. The summed E-state index contributed by atoms with van der Waals surface area (Å²) in [5.41, 5.74) is 1.92. The van der Waals surface area contributed by atoms with Gasteiger partial charge in [0, 0.05) is 43.9 Å². The average Bonchev–Trinajstić information content (AvgIpc) is 1.59. The molecule has 0 bridgehead atoms. The molecule has 1 saturated carbocycles. The number of methoxy groups -OCH3 is 3. The molecule has 0 radical (unpaired) electrons. The highest BCUT2D eigenvalue weighted by Gasteiger charge is 2.36. The maximum absolute atomic E-state index is 13.7. The van der Waals surface area contributed by atoms with Crippen molar-refractivity contribution >= 4 is 74.2 Å². The Morgan fingerprint density at radius 1 is 0.478 bits per heavy atom. The van der Waals surface area contributed by atoms with Gasteiger partial charge in [0.25, 0.3) is 0 Å². The molecular weight excluding hydrogens is 1290 g/mol. The number of hydrogen-bond acceptors (Lipinski definition) is 15. The number of nitrogens with zero attached hydrogens (tertiary/aromatic N) is 6. The van der Waals surface area contributed by atoms with Crippen LogP contribution in [0.1, 0.15) is 80.0 Å². The van der Waals surface area contributed by atoms with Gasteiger partial charge in [-0.15, -0.1) is 0 Å². The van der Waals surface area contributed by atoms with Crippen molar-refractivity contribution in [3.63, 3.8) is 0 Å². The molecule has 1 aliphatic rings. The Balaban J connectivity index is 0.000000178. The van der Waals surface area contributed by atoms with Crippen molar-refractivity contribution in [1.82, 2.24) is 27.4 Å². The molecule has 21 nitrogen and oxygen atoms in total. The van der Waals surface area contributed by atoms with Crippen LogP contribution in [0.2, 0.25) is 5.02 Å². The van der Waals surface area contributed by atoms with Crippen molar-refractivity contribution in [2.75, 3.05) is 77.2 Å². The smallest absolute Gasteiger partial charge is 0.416 e. The Kier molecular flexibility index (Phi) is 21.2. The Bertz CT molecular complexity index is 4570. The van der Waals surface area contributed by atoms with Gasteiger partial charge in [0.2, 0.25) is 0 Å². The second kappa shape index (κ2) is 27.9. The van der Waals surface area contributed by atoms with Crippen molar-refractivity contribution in [3.05, 3.63) is 174 Å². The van der Waals surface area contributed by atoms with Gasteiger partial charge in [-0.05, 0) is 141 Å². The number of ether oxygens (including phenoxy) is 6. The van der Waals surface area contributed by atoms with Gasteiger partial charge in [-0.3, -0.25) is 27.4 Å². The van der Waals surface area contributed by atoms with Crippen molar-refractivity contribution in [1.29, 1.82) is 0 Å². The molecule has 9 aromatic rings. The quantitative estimate of drug-likeness (QED) is 0.0574. The third-order valence-corrected chi connectivity index (χ3v) is 18.2. The van der Waals surface area contributed by atoms with Crippen LogP contribution in [-0.2, 0) is 49.8 Å². The van der Waals surface area contributed by atoms with Crippen molar-refractivity contribution in [2.24, 2.45) is 14.1 Å². The number of halogens is 5. The molecule has 3 atom stereocenters. The first-order valence-electron chi connectivity index (χ1n) is 28.8. The lowest BCUT2D eigenvalue weighted by Gasteiger charge is -2.20. The van der Waals surface area contributed by atoms with Crippen LogP contribution in [0.4, 0.5) is 17.6 Å². The molecule has 6 aromatic carbocycles. The lowest BCUT2D eigenvalue weighted by molar-refractivity contribution is -0.137. The molecule has 0 amide bonds. The number of aromatic nitrogens is 6. The monoisotopic (exact) mass is 1360 g/mol. The highest BCUT2D eigenvalue weighted by atomic mass is 35.5. The zero-order chi connectivity index (χ0) is 67.5. The summed E-state index contributed by atoms with van der Waals surface area (Å²) in [5.74, 6) is 1.33. The largest absolute Gasteiger partial charge is 0.493 e. The summed E-state index contributed by atoms with van der Waals surface area (Å²) in [6.45, 7) is 6.60. The number of fused-ring (bicyclic) bond motifs is 3. The molecule has 0 unspecified atom stereocenters. The van der Waals surface area contributed by atoms with E-state index >= 15 is 0 Å². The molecule has 1 fully saturated rings. The number of imidazole rings is 3. The molecule has 1 aliphatic carbocycles. The van der Waals surface area contributed by atoms with Gasteiger partial charge in [0.05, 0.1) is 115 Å². The fourth-order valence-corrected chi connectivity index (χ4v) is 13.9. The first-order valence-corrected chi connectivity index (χ1v) is 35.3. The van der Waals surface area contributed by atoms with Crippen LogP contribution in [-0.4, -0.2) is 130 Å². The highest BCUT2D eigenvalue weighted by Crippen LogP contribution is 2.41. The van der Waals surface area contributed by atoms with E-state index in [1.165, 1.54) is 80.0 Å². The molecule has 0 N–H and O–H groups in total. The second-order valence-corrected chi connectivity index (χ2v) is 29.0. The number of aryl methyl sites for hydroxylation is 2. The van der Waals surface area contributed by atoms with Gasteiger partial charge < -0.3 is 28.4 Å². The minimum atomic E-state index is -4.57. The fraction of sp³-hybridized carbons (Fsp3) is 0.381. The molecular formula is C63H71ClF4N6O15S3. The minimum Gasteiger partial charge on any atom is -0.493 e. The topological polar surface area (TPSA) is 239 Å². The Labute approximate surface area is 533 Å². The number of rotatable bonds is 22. The predicted molar refractivity (Wildman–Crippen MR) is 345 cm³/mol. The van der Waals surface area contributed by atoms with Crippen LogP contribution in [0.25, 0.3) is 33.1 Å². The zero-order valence-corrected chi connectivity index (χ0v) is 55.5. The third kappa shape index (κ3) is 15.6. The van der Waals surface area contributed by atoms with Gasteiger partial charge in [-0.2, -0.15) is 13.2 Å². The van der Waals surface area contributed by atoms with Crippen LogP contribution in [0.5, 0.6) is 34.5 Å². The summed E-state index contributed by atoms with van der Waals surface area (Å²) >= 11 is 6.09. The maximum atomic E-state index is 13.7. The van der Waals surface area contributed by atoms with Gasteiger partial charge in [-0.1, -0.05) is 29.8 Å². The molecule has 496 valence electrons. The van der Waals surface area contributed by atoms with E-state index in [1.807, 2.05) is 13.8 Å². The number of benzene rings is 6. The Morgan fingerprint density at radius 3 is 1.20 bits per heavy atom. The van der Waals surface area contributed by atoms with Gasteiger partial charge in [0.1, 0.15) is 35.3 Å². The van der Waals surface area contributed by atoms with E-state index in [-0.39, 0.29) is 34.3 Å². The fourth-order valence-electron chi connectivity index (χ4n) is 11.0. The normalized spacial score (nSPS) is 13.8. The van der Waals surface area contributed by atoms with Crippen molar-refractivity contribution in [2.45, 2.75) is 64.0 Å². The van der Waals surface area contributed by atoms with Crippen LogP contribution >= 0.6 is 11.6 Å². The van der Waals surface area contributed by atoms with Crippen LogP contribution in [0, 0.1) is 5.82 Å². The van der Waals surface area contributed by atoms with Crippen LogP contribution in [0.3, 0.4) is 0 Å². The minimum absolute atomic E-state index is 0.138. The number of hydrogen-bond donors (Lipinski definition) is 0. The van der Waals surface area contributed by atoms with Gasteiger partial charge in [0.15, 0.2) is 34.5 Å². The predicted octanol–water partition coefficient (Wildman–Crippen LogP) is 9.75. The molecule has 0 saturated heterocycles.